The van der Waals surface area contributed by atoms with Crippen LogP contribution in [0.2, 0.25) is 0 Å². The number of hydrogen-bond donors (Lipinski definition) is 2. The van der Waals surface area contributed by atoms with Crippen molar-refractivity contribution in [1.29, 1.82) is 0 Å². The van der Waals surface area contributed by atoms with Crippen molar-refractivity contribution < 1.29 is 14.4 Å². The highest BCUT2D eigenvalue weighted by molar-refractivity contribution is 6.01. The van der Waals surface area contributed by atoms with Gasteiger partial charge in [-0.3, -0.25) is 14.5 Å². The molecule has 2 rings (SSSR count). The van der Waals surface area contributed by atoms with Gasteiger partial charge in [0.15, 0.2) is 0 Å². The standard InChI is InChI=1S/C16H28N4O3/c21-14(7-5-12-20-15(22)13-18-16(20)23)17-8-6-11-19-9-3-1-2-4-10-19/h1-13H2,(H,17,21)(H,18,23). The second-order valence-corrected chi connectivity index (χ2v) is 6.27. The van der Waals surface area contributed by atoms with Gasteiger partial charge < -0.3 is 15.5 Å². The number of likely N-dealkylation sites (tertiary alicyclic amines) is 1. The average molecular weight is 324 g/mol. The number of nitrogens with one attached hydrogen (secondary N) is 2. The SMILES string of the molecule is O=C(CCCN1C(=O)CNC1=O)NCCCN1CCCCCC1. The highest BCUT2D eigenvalue weighted by atomic mass is 16.2. The molecule has 0 saturated carbocycles. The second kappa shape index (κ2) is 9.50. The Balaban J connectivity index is 1.50. The molecule has 0 aromatic rings. The number of hydrogen-bond acceptors (Lipinski definition) is 4. The molecule has 0 spiro atoms. The van der Waals surface area contributed by atoms with Crippen molar-refractivity contribution >= 4 is 17.8 Å². The first-order chi connectivity index (χ1) is 11.2. The second-order valence-electron chi connectivity index (χ2n) is 6.27. The van der Waals surface area contributed by atoms with Crippen molar-refractivity contribution in [2.75, 3.05) is 39.3 Å². The number of amides is 4. The van der Waals surface area contributed by atoms with Crippen LogP contribution >= 0.6 is 0 Å². The third-order valence-corrected chi connectivity index (χ3v) is 4.39. The summed E-state index contributed by atoms with van der Waals surface area (Å²) in [4.78, 5) is 38.1. The van der Waals surface area contributed by atoms with Crippen LogP contribution in [0.1, 0.15) is 44.9 Å². The van der Waals surface area contributed by atoms with Crippen LogP contribution in [0.4, 0.5) is 4.79 Å². The quantitative estimate of drug-likeness (QED) is 0.509. The van der Waals surface area contributed by atoms with E-state index in [0.717, 1.165) is 13.0 Å². The smallest absolute Gasteiger partial charge is 0.324 e. The minimum atomic E-state index is -0.354. The molecule has 0 bridgehead atoms. The summed E-state index contributed by atoms with van der Waals surface area (Å²) in [5.74, 6) is -0.222. The van der Waals surface area contributed by atoms with E-state index in [-0.39, 0.29) is 24.4 Å². The van der Waals surface area contributed by atoms with E-state index in [4.69, 9.17) is 0 Å². The van der Waals surface area contributed by atoms with Crippen molar-refractivity contribution in [3.8, 4) is 0 Å². The van der Waals surface area contributed by atoms with E-state index in [1.54, 1.807) is 0 Å². The molecule has 7 nitrogen and oxygen atoms in total. The minimum absolute atomic E-state index is 0.00656. The van der Waals surface area contributed by atoms with Crippen LogP contribution in [-0.2, 0) is 9.59 Å². The lowest BCUT2D eigenvalue weighted by atomic mass is 10.2. The van der Waals surface area contributed by atoms with E-state index in [1.165, 1.54) is 43.7 Å². The van der Waals surface area contributed by atoms with Gasteiger partial charge in [-0.05, 0) is 45.3 Å². The van der Waals surface area contributed by atoms with Gasteiger partial charge in [0.2, 0.25) is 11.8 Å². The molecular weight excluding hydrogens is 296 g/mol. The molecule has 7 heteroatoms. The lowest BCUT2D eigenvalue weighted by Gasteiger charge is -2.19. The number of imide groups is 1. The third-order valence-electron chi connectivity index (χ3n) is 4.39. The van der Waals surface area contributed by atoms with Crippen LogP contribution in [0.3, 0.4) is 0 Å². The Kier molecular flexibility index (Phi) is 7.32. The van der Waals surface area contributed by atoms with Crippen LogP contribution in [0.5, 0.6) is 0 Å². The Morgan fingerprint density at radius 3 is 2.43 bits per heavy atom. The summed E-state index contributed by atoms with van der Waals surface area (Å²) < 4.78 is 0. The number of rotatable bonds is 8. The first kappa shape index (κ1) is 17.7. The largest absolute Gasteiger partial charge is 0.356 e. The molecule has 0 aromatic carbocycles. The fraction of sp³-hybridized carbons (Fsp3) is 0.812. The van der Waals surface area contributed by atoms with E-state index < -0.39 is 0 Å². The highest BCUT2D eigenvalue weighted by Crippen LogP contribution is 2.09. The molecule has 2 saturated heterocycles. The Hall–Kier alpha value is -1.63. The van der Waals surface area contributed by atoms with E-state index in [0.29, 0.717) is 25.9 Å². The zero-order valence-electron chi connectivity index (χ0n) is 13.8. The summed E-state index contributed by atoms with van der Waals surface area (Å²) >= 11 is 0. The van der Waals surface area contributed by atoms with Gasteiger partial charge in [-0.25, -0.2) is 4.79 Å². The fourth-order valence-corrected chi connectivity index (χ4v) is 3.06. The topological polar surface area (TPSA) is 81.8 Å². The number of carbonyl (C=O) groups excluding carboxylic acids is 3. The Morgan fingerprint density at radius 1 is 1.04 bits per heavy atom. The molecule has 2 aliphatic heterocycles. The molecule has 2 N–H and O–H groups in total. The van der Waals surface area contributed by atoms with Crippen LogP contribution in [0, 0.1) is 0 Å². The lowest BCUT2D eigenvalue weighted by Crippen LogP contribution is -2.33. The van der Waals surface area contributed by atoms with Gasteiger partial charge in [0.05, 0.1) is 6.54 Å². The maximum Gasteiger partial charge on any atom is 0.324 e. The van der Waals surface area contributed by atoms with Crippen LogP contribution in [0.25, 0.3) is 0 Å². The van der Waals surface area contributed by atoms with Crippen LogP contribution in [-0.4, -0.2) is 66.9 Å². The molecule has 4 amide bonds. The van der Waals surface area contributed by atoms with Crippen LogP contribution in [0.15, 0.2) is 0 Å². The molecule has 2 aliphatic rings. The highest BCUT2D eigenvalue weighted by Gasteiger charge is 2.27. The molecule has 2 heterocycles. The predicted molar refractivity (Wildman–Crippen MR) is 86.9 cm³/mol. The maximum absolute atomic E-state index is 11.8. The first-order valence-electron chi connectivity index (χ1n) is 8.74. The van der Waals surface area contributed by atoms with E-state index in [1.807, 2.05) is 0 Å². The van der Waals surface area contributed by atoms with Gasteiger partial charge in [-0.15, -0.1) is 0 Å². The Bertz CT molecular complexity index is 404. The molecule has 0 aliphatic carbocycles. The summed E-state index contributed by atoms with van der Waals surface area (Å²) in [5, 5.41) is 5.38. The normalized spacial score (nSPS) is 19.6. The van der Waals surface area contributed by atoms with Crippen LogP contribution < -0.4 is 10.6 Å². The van der Waals surface area contributed by atoms with Crippen molar-refractivity contribution in [3.63, 3.8) is 0 Å². The molecular formula is C16H28N4O3. The van der Waals surface area contributed by atoms with Gasteiger partial charge in [0.25, 0.3) is 0 Å². The first-order valence-corrected chi connectivity index (χ1v) is 8.74. The molecule has 0 radical (unpaired) electrons. The van der Waals surface area contributed by atoms with Crippen molar-refractivity contribution in [2.24, 2.45) is 0 Å². The average Bonchev–Trinajstić information content (AvgIpc) is 2.74. The molecule has 130 valence electrons. The summed E-state index contributed by atoms with van der Waals surface area (Å²) in [6, 6.07) is -0.354. The summed E-state index contributed by atoms with van der Waals surface area (Å²) in [7, 11) is 0. The molecule has 23 heavy (non-hydrogen) atoms. The summed E-state index contributed by atoms with van der Waals surface area (Å²) in [5.41, 5.74) is 0. The zero-order valence-corrected chi connectivity index (χ0v) is 13.8. The molecule has 0 unspecified atom stereocenters. The Labute approximate surface area is 137 Å². The molecule has 0 atom stereocenters. The summed E-state index contributed by atoms with van der Waals surface area (Å²) in [6.07, 6.45) is 7.08. The summed E-state index contributed by atoms with van der Waals surface area (Å²) in [6.45, 7) is 4.48. The third kappa shape index (κ3) is 6.17. The van der Waals surface area contributed by atoms with Crippen molar-refractivity contribution in [1.82, 2.24) is 20.4 Å². The van der Waals surface area contributed by atoms with Gasteiger partial charge in [0, 0.05) is 19.5 Å². The van der Waals surface area contributed by atoms with Crippen molar-refractivity contribution in [3.05, 3.63) is 0 Å². The number of urea groups is 1. The molecule has 2 fully saturated rings. The minimum Gasteiger partial charge on any atom is -0.356 e. The van der Waals surface area contributed by atoms with E-state index in [2.05, 4.69) is 15.5 Å². The van der Waals surface area contributed by atoms with E-state index in [9.17, 15) is 14.4 Å². The monoisotopic (exact) mass is 324 g/mol. The van der Waals surface area contributed by atoms with Gasteiger partial charge in [-0.1, -0.05) is 12.8 Å². The predicted octanol–water partition coefficient (Wildman–Crippen LogP) is 0.701. The van der Waals surface area contributed by atoms with Gasteiger partial charge in [0.1, 0.15) is 0 Å². The number of carbonyl (C=O) groups is 3. The Morgan fingerprint density at radius 2 is 1.78 bits per heavy atom. The van der Waals surface area contributed by atoms with E-state index >= 15 is 0 Å². The van der Waals surface area contributed by atoms with Crippen molar-refractivity contribution in [2.45, 2.75) is 44.9 Å². The number of nitrogens with zero attached hydrogens (tertiary/aromatic N) is 2. The molecule has 0 aromatic heterocycles. The maximum atomic E-state index is 11.8. The zero-order chi connectivity index (χ0) is 16.5. The van der Waals surface area contributed by atoms with Gasteiger partial charge in [-0.2, -0.15) is 0 Å². The lowest BCUT2D eigenvalue weighted by molar-refractivity contribution is -0.126. The fourth-order valence-electron chi connectivity index (χ4n) is 3.06. The van der Waals surface area contributed by atoms with Gasteiger partial charge >= 0.3 is 6.03 Å².